The molecular weight excluding hydrogens is 456 g/mol. The van der Waals surface area contributed by atoms with E-state index in [4.69, 9.17) is 0 Å². The average molecular weight is 489 g/mol. The monoisotopic (exact) mass is 488 g/mol. The van der Waals surface area contributed by atoms with Crippen LogP contribution in [0.5, 0.6) is 0 Å². The Labute approximate surface area is 200 Å². The summed E-state index contributed by atoms with van der Waals surface area (Å²) in [4.78, 5) is 28.1. The number of nitrogens with one attached hydrogen (secondary N) is 2. The number of carboxylic acid groups (broad SMARTS) is 1. The number of anilines is 2. The fraction of sp³-hybridized carbons (Fsp3) is 0.417. The van der Waals surface area contributed by atoms with Gasteiger partial charge in [-0.15, -0.1) is 0 Å². The van der Waals surface area contributed by atoms with Crippen molar-refractivity contribution in [2.75, 3.05) is 48.9 Å². The summed E-state index contributed by atoms with van der Waals surface area (Å²) < 4.78 is 28.2. The van der Waals surface area contributed by atoms with Crippen LogP contribution in [-0.4, -0.2) is 69.6 Å². The van der Waals surface area contributed by atoms with Crippen LogP contribution in [0, 0.1) is 13.8 Å². The Morgan fingerprint density at radius 2 is 1.71 bits per heavy atom. The number of aromatic carboxylic acids is 1. The Bertz CT molecular complexity index is 1160. The lowest BCUT2D eigenvalue weighted by Gasteiger charge is -2.36. The Balaban J connectivity index is 1.72. The van der Waals surface area contributed by atoms with E-state index in [9.17, 15) is 23.1 Å². The number of hydrogen-bond donors (Lipinski definition) is 3. The molecule has 0 aliphatic carbocycles. The number of carbonyl (C=O) groups is 2. The lowest BCUT2D eigenvalue weighted by Crippen LogP contribution is -2.49. The molecule has 0 atom stereocenters. The van der Waals surface area contributed by atoms with Crippen molar-refractivity contribution in [1.82, 2.24) is 10.2 Å². The predicted octanol–water partition coefficient (Wildman–Crippen LogP) is 2.45. The number of sulfonamides is 1. The highest BCUT2D eigenvalue weighted by Gasteiger charge is 2.23. The minimum Gasteiger partial charge on any atom is -0.478 e. The van der Waals surface area contributed by atoms with Crippen LogP contribution in [-0.2, 0) is 14.8 Å². The zero-order chi connectivity index (χ0) is 24.9. The minimum absolute atomic E-state index is 0.00358. The predicted molar refractivity (Wildman–Crippen MR) is 132 cm³/mol. The molecule has 1 aliphatic heterocycles. The molecule has 2 aromatic rings. The normalized spacial score (nSPS) is 14.6. The van der Waals surface area contributed by atoms with Gasteiger partial charge in [0.2, 0.25) is 5.91 Å². The molecule has 0 radical (unpaired) electrons. The van der Waals surface area contributed by atoms with Crippen LogP contribution in [0.3, 0.4) is 0 Å². The molecule has 10 heteroatoms. The SMILES string of the molecule is CCCNC(=O)CN1CCN(c2ccc(NS(=O)(=O)c3ccc(C)c(C)c3)c(C(=O)O)c2)CC1. The van der Waals surface area contributed by atoms with Gasteiger partial charge < -0.3 is 15.3 Å². The first kappa shape index (κ1) is 25.5. The Morgan fingerprint density at radius 3 is 2.32 bits per heavy atom. The lowest BCUT2D eigenvalue weighted by atomic mass is 10.1. The van der Waals surface area contributed by atoms with Crippen molar-refractivity contribution >= 4 is 33.3 Å². The third-order valence-electron chi connectivity index (χ3n) is 5.94. The molecule has 2 aromatic carbocycles. The third kappa shape index (κ3) is 6.27. The second-order valence-electron chi connectivity index (χ2n) is 8.50. The Kier molecular flexibility index (Phi) is 8.16. The standard InChI is InChI=1S/C24H32N4O5S/c1-4-9-25-23(29)16-27-10-12-28(13-11-27)19-6-8-22(21(15-19)24(30)31)26-34(32,33)20-7-5-17(2)18(3)14-20/h5-8,14-15,26H,4,9-13,16H2,1-3H3,(H,25,29)(H,30,31). The number of rotatable bonds is 9. The van der Waals surface area contributed by atoms with E-state index in [1.807, 2.05) is 25.7 Å². The molecule has 34 heavy (non-hydrogen) atoms. The van der Waals surface area contributed by atoms with Gasteiger partial charge >= 0.3 is 5.97 Å². The molecule has 0 bridgehead atoms. The molecule has 0 aromatic heterocycles. The maximum Gasteiger partial charge on any atom is 0.337 e. The molecule has 0 saturated carbocycles. The molecule has 0 spiro atoms. The maximum absolute atomic E-state index is 12.9. The van der Waals surface area contributed by atoms with E-state index in [2.05, 4.69) is 14.9 Å². The van der Waals surface area contributed by atoms with Crippen molar-refractivity contribution < 1.29 is 23.1 Å². The second kappa shape index (κ2) is 10.9. The van der Waals surface area contributed by atoms with Crippen molar-refractivity contribution in [2.24, 2.45) is 0 Å². The van der Waals surface area contributed by atoms with Crippen LogP contribution in [0.25, 0.3) is 0 Å². The van der Waals surface area contributed by atoms with E-state index < -0.39 is 16.0 Å². The van der Waals surface area contributed by atoms with Crippen LogP contribution in [0.4, 0.5) is 11.4 Å². The Hall–Kier alpha value is -3.11. The van der Waals surface area contributed by atoms with Gasteiger partial charge in [-0.05, 0) is 61.7 Å². The smallest absolute Gasteiger partial charge is 0.337 e. The van der Waals surface area contributed by atoms with E-state index in [-0.39, 0.29) is 22.1 Å². The van der Waals surface area contributed by atoms with Gasteiger partial charge in [-0.25, -0.2) is 13.2 Å². The molecular formula is C24H32N4O5S. The number of aryl methyl sites for hydroxylation is 2. The van der Waals surface area contributed by atoms with Crippen molar-refractivity contribution in [3.8, 4) is 0 Å². The third-order valence-corrected chi connectivity index (χ3v) is 7.31. The van der Waals surface area contributed by atoms with Crippen molar-refractivity contribution in [3.63, 3.8) is 0 Å². The highest BCUT2D eigenvalue weighted by atomic mass is 32.2. The van der Waals surface area contributed by atoms with E-state index in [1.165, 1.54) is 18.2 Å². The molecule has 1 fully saturated rings. The first-order valence-corrected chi connectivity index (χ1v) is 12.8. The van der Waals surface area contributed by atoms with E-state index in [1.54, 1.807) is 18.2 Å². The highest BCUT2D eigenvalue weighted by Crippen LogP contribution is 2.27. The van der Waals surface area contributed by atoms with Gasteiger partial charge in [0.15, 0.2) is 0 Å². The zero-order valence-electron chi connectivity index (χ0n) is 19.8. The van der Waals surface area contributed by atoms with Gasteiger partial charge in [0, 0.05) is 38.4 Å². The van der Waals surface area contributed by atoms with Crippen LogP contribution in [0.2, 0.25) is 0 Å². The number of benzene rings is 2. The number of nitrogens with zero attached hydrogens (tertiary/aromatic N) is 2. The highest BCUT2D eigenvalue weighted by molar-refractivity contribution is 7.92. The summed E-state index contributed by atoms with van der Waals surface area (Å²) in [6.45, 7) is 9.33. The van der Waals surface area contributed by atoms with E-state index in [0.29, 0.717) is 45.0 Å². The summed E-state index contributed by atoms with van der Waals surface area (Å²) in [6, 6.07) is 9.48. The summed E-state index contributed by atoms with van der Waals surface area (Å²) in [5.41, 5.74) is 2.39. The topological polar surface area (TPSA) is 119 Å². The van der Waals surface area contributed by atoms with Gasteiger partial charge in [0.25, 0.3) is 10.0 Å². The number of piperazine rings is 1. The minimum atomic E-state index is -3.94. The van der Waals surface area contributed by atoms with Gasteiger partial charge in [-0.2, -0.15) is 0 Å². The van der Waals surface area contributed by atoms with Gasteiger partial charge in [-0.1, -0.05) is 13.0 Å². The summed E-state index contributed by atoms with van der Waals surface area (Å²) in [5.74, 6) is -1.21. The fourth-order valence-electron chi connectivity index (χ4n) is 3.77. The first-order valence-electron chi connectivity index (χ1n) is 11.3. The van der Waals surface area contributed by atoms with Crippen LogP contribution in [0.1, 0.15) is 34.8 Å². The number of carboxylic acids is 1. The van der Waals surface area contributed by atoms with Crippen molar-refractivity contribution in [1.29, 1.82) is 0 Å². The summed E-state index contributed by atoms with van der Waals surface area (Å²) in [7, 11) is -3.94. The second-order valence-corrected chi connectivity index (χ2v) is 10.2. The van der Waals surface area contributed by atoms with Crippen LogP contribution < -0.4 is 14.9 Å². The van der Waals surface area contributed by atoms with Crippen LogP contribution >= 0.6 is 0 Å². The molecule has 1 aliphatic rings. The summed E-state index contributed by atoms with van der Waals surface area (Å²) >= 11 is 0. The van der Waals surface area contributed by atoms with Crippen LogP contribution in [0.15, 0.2) is 41.3 Å². The molecule has 9 nitrogen and oxygen atoms in total. The molecule has 0 unspecified atom stereocenters. The quantitative estimate of drug-likeness (QED) is 0.496. The molecule has 1 amide bonds. The van der Waals surface area contributed by atoms with Crippen molar-refractivity contribution in [2.45, 2.75) is 32.1 Å². The summed E-state index contributed by atoms with van der Waals surface area (Å²) in [6.07, 6.45) is 0.891. The summed E-state index contributed by atoms with van der Waals surface area (Å²) in [5, 5.41) is 12.6. The fourth-order valence-corrected chi connectivity index (χ4v) is 4.93. The van der Waals surface area contributed by atoms with E-state index >= 15 is 0 Å². The molecule has 1 saturated heterocycles. The average Bonchev–Trinajstić information content (AvgIpc) is 2.80. The molecule has 3 N–H and O–H groups in total. The number of carbonyl (C=O) groups excluding carboxylic acids is 1. The van der Waals surface area contributed by atoms with E-state index in [0.717, 1.165) is 17.5 Å². The number of hydrogen-bond acceptors (Lipinski definition) is 6. The Morgan fingerprint density at radius 1 is 1.00 bits per heavy atom. The number of amides is 1. The van der Waals surface area contributed by atoms with Gasteiger partial charge in [0.05, 0.1) is 22.7 Å². The zero-order valence-corrected chi connectivity index (χ0v) is 20.6. The maximum atomic E-state index is 12.9. The van der Waals surface area contributed by atoms with Gasteiger partial charge in [-0.3, -0.25) is 14.4 Å². The van der Waals surface area contributed by atoms with Crippen molar-refractivity contribution in [3.05, 3.63) is 53.1 Å². The molecule has 3 rings (SSSR count). The molecule has 1 heterocycles. The lowest BCUT2D eigenvalue weighted by molar-refractivity contribution is -0.122. The largest absolute Gasteiger partial charge is 0.478 e. The van der Waals surface area contributed by atoms with Gasteiger partial charge in [0.1, 0.15) is 0 Å². The molecule has 184 valence electrons. The first-order chi connectivity index (χ1) is 16.1.